The lowest BCUT2D eigenvalue weighted by Gasteiger charge is -2.39. The maximum absolute atomic E-state index is 14.9. The number of benzene rings is 1. The summed E-state index contributed by atoms with van der Waals surface area (Å²) in [5, 5.41) is 3.18. The molecule has 1 unspecified atom stereocenters. The van der Waals surface area contributed by atoms with E-state index in [9.17, 15) is 30.7 Å². The molecule has 2 heterocycles. The fourth-order valence-corrected chi connectivity index (χ4v) is 4.66. The van der Waals surface area contributed by atoms with Crippen LogP contribution in [0.5, 0.6) is 0 Å². The molecule has 1 atom stereocenters. The van der Waals surface area contributed by atoms with Crippen molar-refractivity contribution in [2.24, 2.45) is 0 Å². The van der Waals surface area contributed by atoms with E-state index in [1.165, 1.54) is 6.92 Å². The number of rotatable bonds is 2. The molecule has 0 amide bonds. The predicted octanol–water partition coefficient (Wildman–Crippen LogP) is 3.69. The largest absolute Gasteiger partial charge is 0.422 e. The van der Waals surface area contributed by atoms with E-state index in [2.05, 4.69) is 15.3 Å². The number of nitrogens with zero attached hydrogens (tertiary/aromatic N) is 3. The van der Waals surface area contributed by atoms with E-state index in [1.54, 1.807) is 0 Å². The van der Waals surface area contributed by atoms with Crippen LogP contribution in [0, 0.1) is 23.3 Å². The quantitative estimate of drug-likeness (QED) is 0.526. The van der Waals surface area contributed by atoms with Gasteiger partial charge < -0.3 is 16.0 Å². The first-order chi connectivity index (χ1) is 15.0. The minimum Gasteiger partial charge on any atom is -0.368 e. The van der Waals surface area contributed by atoms with Crippen molar-refractivity contribution >= 4 is 11.8 Å². The molecule has 1 aliphatic heterocycles. The van der Waals surface area contributed by atoms with Crippen LogP contribution >= 0.6 is 0 Å². The number of alkyl halides is 3. The first-order valence-electron chi connectivity index (χ1n) is 10.0. The Morgan fingerprint density at radius 1 is 0.969 bits per heavy atom. The van der Waals surface area contributed by atoms with Crippen molar-refractivity contribution in [3.63, 3.8) is 0 Å². The zero-order valence-corrected chi connectivity index (χ0v) is 17.0. The summed E-state index contributed by atoms with van der Waals surface area (Å²) < 4.78 is 97.7. The molecule has 5 nitrogen and oxygen atoms in total. The van der Waals surface area contributed by atoms with E-state index < -0.39 is 46.0 Å². The average molecular weight is 463 g/mol. The van der Waals surface area contributed by atoms with Crippen LogP contribution in [-0.2, 0) is 18.0 Å². The molecule has 4 rings (SSSR count). The Kier molecular flexibility index (Phi) is 5.46. The number of aromatic nitrogens is 2. The summed E-state index contributed by atoms with van der Waals surface area (Å²) in [6.07, 6.45) is -4.85. The average Bonchev–Trinajstić information content (AvgIpc) is 2.72. The van der Waals surface area contributed by atoms with Crippen molar-refractivity contribution in [2.75, 3.05) is 36.8 Å². The molecule has 1 saturated heterocycles. The lowest BCUT2D eigenvalue weighted by atomic mass is 9.69. The molecule has 1 aromatic heterocycles. The zero-order valence-electron chi connectivity index (χ0n) is 17.0. The molecule has 1 aromatic carbocycles. The Morgan fingerprint density at radius 3 is 2.12 bits per heavy atom. The SMILES string of the molecule is CC1(c2c(F)c(F)c(C(F)(F)F)c(F)c2F)CCCc2c(N3CCNCC3)nc(N)nc21. The molecular weight excluding hydrogens is 443 g/mol. The van der Waals surface area contributed by atoms with Gasteiger partial charge >= 0.3 is 6.18 Å². The van der Waals surface area contributed by atoms with Crippen LogP contribution in [0.3, 0.4) is 0 Å². The Balaban J connectivity index is 1.96. The Morgan fingerprint density at radius 2 is 1.56 bits per heavy atom. The molecule has 2 aliphatic rings. The van der Waals surface area contributed by atoms with Crippen molar-refractivity contribution in [3.05, 3.63) is 45.7 Å². The van der Waals surface area contributed by atoms with Gasteiger partial charge in [0.1, 0.15) is 11.4 Å². The molecule has 0 radical (unpaired) electrons. The van der Waals surface area contributed by atoms with Crippen molar-refractivity contribution in [2.45, 2.75) is 37.8 Å². The van der Waals surface area contributed by atoms with E-state index in [1.807, 2.05) is 4.90 Å². The Labute approximate surface area is 178 Å². The number of nitrogen functional groups attached to an aromatic ring is 1. The number of fused-ring (bicyclic) bond motifs is 1. The lowest BCUT2D eigenvalue weighted by molar-refractivity contribution is -0.143. The molecule has 0 saturated carbocycles. The van der Waals surface area contributed by atoms with Gasteiger partial charge in [0, 0.05) is 42.7 Å². The third-order valence-corrected chi connectivity index (χ3v) is 6.14. The summed E-state index contributed by atoms with van der Waals surface area (Å²) in [7, 11) is 0. The van der Waals surface area contributed by atoms with Gasteiger partial charge in [-0.05, 0) is 26.2 Å². The monoisotopic (exact) mass is 463 g/mol. The number of hydrogen-bond acceptors (Lipinski definition) is 5. The van der Waals surface area contributed by atoms with E-state index in [0.29, 0.717) is 50.4 Å². The first-order valence-corrected chi connectivity index (χ1v) is 10.0. The molecular formula is C20H20F7N5. The summed E-state index contributed by atoms with van der Waals surface area (Å²) in [5.74, 6) is -8.90. The molecule has 0 bridgehead atoms. The van der Waals surface area contributed by atoms with E-state index in [-0.39, 0.29) is 18.1 Å². The van der Waals surface area contributed by atoms with Gasteiger partial charge in [-0.3, -0.25) is 0 Å². The van der Waals surface area contributed by atoms with Gasteiger partial charge in [0.05, 0.1) is 5.69 Å². The number of hydrogen-bond donors (Lipinski definition) is 2. The molecule has 174 valence electrons. The highest BCUT2D eigenvalue weighted by Crippen LogP contribution is 2.48. The van der Waals surface area contributed by atoms with Gasteiger partial charge in [-0.2, -0.15) is 18.2 Å². The summed E-state index contributed by atoms with van der Waals surface area (Å²) in [4.78, 5) is 10.3. The second kappa shape index (κ2) is 7.75. The smallest absolute Gasteiger partial charge is 0.368 e. The number of piperazine rings is 1. The molecule has 12 heteroatoms. The predicted molar refractivity (Wildman–Crippen MR) is 102 cm³/mol. The van der Waals surface area contributed by atoms with Crippen molar-refractivity contribution in [1.82, 2.24) is 15.3 Å². The second-order valence-corrected chi connectivity index (χ2v) is 8.16. The number of halogens is 7. The number of anilines is 2. The van der Waals surface area contributed by atoms with Gasteiger partial charge in [-0.25, -0.2) is 22.5 Å². The normalized spacial score (nSPS) is 21.6. The van der Waals surface area contributed by atoms with Gasteiger partial charge in [-0.15, -0.1) is 0 Å². The lowest BCUT2D eigenvalue weighted by Crippen LogP contribution is -2.45. The third kappa shape index (κ3) is 3.44. The van der Waals surface area contributed by atoms with Crippen LogP contribution in [0.25, 0.3) is 0 Å². The number of nitrogens with one attached hydrogen (secondary N) is 1. The van der Waals surface area contributed by atoms with Crippen LogP contribution in [0.1, 0.15) is 42.1 Å². The molecule has 0 spiro atoms. The van der Waals surface area contributed by atoms with Crippen LogP contribution in [0.15, 0.2) is 0 Å². The van der Waals surface area contributed by atoms with E-state index >= 15 is 0 Å². The first kappa shape index (κ1) is 22.6. The third-order valence-electron chi connectivity index (χ3n) is 6.14. The van der Waals surface area contributed by atoms with Gasteiger partial charge in [0.25, 0.3) is 0 Å². The molecule has 3 N–H and O–H groups in total. The van der Waals surface area contributed by atoms with Gasteiger partial charge in [-0.1, -0.05) is 0 Å². The topological polar surface area (TPSA) is 67.1 Å². The van der Waals surface area contributed by atoms with Crippen molar-refractivity contribution < 1.29 is 30.7 Å². The summed E-state index contributed by atoms with van der Waals surface area (Å²) in [6.45, 7) is 3.77. The Bertz CT molecular complexity index is 1040. The number of nitrogens with two attached hydrogens (primary N) is 1. The molecule has 1 aliphatic carbocycles. The van der Waals surface area contributed by atoms with Crippen LogP contribution in [-0.4, -0.2) is 36.1 Å². The van der Waals surface area contributed by atoms with Crippen LogP contribution in [0.4, 0.5) is 42.5 Å². The molecule has 32 heavy (non-hydrogen) atoms. The Hall–Kier alpha value is -2.63. The minimum absolute atomic E-state index is 0.00443. The highest BCUT2D eigenvalue weighted by atomic mass is 19.4. The summed E-state index contributed by atoms with van der Waals surface area (Å²) >= 11 is 0. The highest BCUT2D eigenvalue weighted by molar-refractivity contribution is 5.57. The standard InChI is InChI=1S/C20H20F7N5/c1-19(10-12(21)14(23)11(20(25,26)27)15(24)13(10)22)4-2-3-9-16(19)30-18(28)31-17(9)32-7-5-29-6-8-32/h29H,2-8H2,1H3,(H2,28,30,31). The summed E-state index contributed by atoms with van der Waals surface area (Å²) in [6, 6.07) is 0. The van der Waals surface area contributed by atoms with Gasteiger partial charge in [0.15, 0.2) is 23.3 Å². The zero-order chi connectivity index (χ0) is 23.4. The maximum Gasteiger partial charge on any atom is 0.422 e. The van der Waals surface area contributed by atoms with E-state index in [0.717, 1.165) is 0 Å². The van der Waals surface area contributed by atoms with Crippen LogP contribution < -0.4 is 16.0 Å². The molecule has 1 fully saturated rings. The minimum atomic E-state index is -5.61. The maximum atomic E-state index is 14.9. The fraction of sp³-hybridized carbons (Fsp3) is 0.500. The van der Waals surface area contributed by atoms with Gasteiger partial charge in [0.2, 0.25) is 5.95 Å². The van der Waals surface area contributed by atoms with Crippen molar-refractivity contribution in [1.29, 1.82) is 0 Å². The second-order valence-electron chi connectivity index (χ2n) is 8.16. The van der Waals surface area contributed by atoms with Crippen LogP contribution in [0.2, 0.25) is 0 Å². The molecule has 2 aromatic rings. The fourth-order valence-electron chi connectivity index (χ4n) is 4.66. The highest BCUT2D eigenvalue weighted by Gasteiger charge is 2.48. The van der Waals surface area contributed by atoms with Crippen molar-refractivity contribution in [3.8, 4) is 0 Å². The summed E-state index contributed by atoms with van der Waals surface area (Å²) in [5.41, 5.74) is 0.934. The van der Waals surface area contributed by atoms with E-state index in [4.69, 9.17) is 5.73 Å².